The summed E-state index contributed by atoms with van der Waals surface area (Å²) in [6.07, 6.45) is 0. The van der Waals surface area contributed by atoms with Crippen LogP contribution in [0.1, 0.15) is 32.1 Å². The molecule has 11 heteroatoms. The van der Waals surface area contributed by atoms with E-state index in [1.165, 1.54) is 4.31 Å². The number of benzene rings is 1. The molecule has 0 saturated carbocycles. The van der Waals surface area contributed by atoms with Crippen molar-refractivity contribution >= 4 is 21.8 Å². The number of ether oxygens (including phenoxy) is 3. The zero-order valence-electron chi connectivity index (χ0n) is 18.8. The Balaban J connectivity index is 1.73. The predicted molar refractivity (Wildman–Crippen MR) is 116 cm³/mol. The molecule has 0 aliphatic carbocycles. The molecule has 0 amide bonds. The summed E-state index contributed by atoms with van der Waals surface area (Å²) in [5, 5.41) is 0. The van der Waals surface area contributed by atoms with Crippen molar-refractivity contribution in [3.63, 3.8) is 0 Å². The number of hydrogen-bond donors (Lipinski definition) is 0. The van der Waals surface area contributed by atoms with Crippen molar-refractivity contribution in [2.75, 3.05) is 46.6 Å². The maximum Gasteiger partial charge on any atom is 0.341 e. The van der Waals surface area contributed by atoms with E-state index in [-0.39, 0.29) is 31.2 Å². The lowest BCUT2D eigenvalue weighted by atomic mass is 10.1. The number of esters is 1. The number of halogens is 1. The fourth-order valence-corrected chi connectivity index (χ4v) is 5.09. The maximum absolute atomic E-state index is 14.3. The first kappa shape index (κ1) is 25.0. The first-order valence-corrected chi connectivity index (χ1v) is 11.8. The molecule has 3 rings (SSSR count). The van der Waals surface area contributed by atoms with Crippen LogP contribution in [-0.4, -0.2) is 75.7 Å². The Bertz CT molecular complexity index is 1140. The summed E-state index contributed by atoms with van der Waals surface area (Å²) in [6.45, 7) is 4.89. The van der Waals surface area contributed by atoms with Crippen LogP contribution >= 0.6 is 0 Å². The van der Waals surface area contributed by atoms with Gasteiger partial charge in [-0.25, -0.2) is 17.6 Å². The summed E-state index contributed by atoms with van der Waals surface area (Å²) < 4.78 is 58.3. The topological polar surface area (TPSA) is 104 Å². The molecule has 180 valence electrons. The molecule has 0 spiro atoms. The highest BCUT2D eigenvalue weighted by Crippen LogP contribution is 2.21. The number of aryl methyl sites for hydroxylation is 1. The van der Waals surface area contributed by atoms with Crippen molar-refractivity contribution in [2.45, 2.75) is 25.3 Å². The van der Waals surface area contributed by atoms with Crippen LogP contribution in [-0.2, 0) is 30.8 Å². The summed E-state index contributed by atoms with van der Waals surface area (Å²) in [7, 11) is -2.34. The van der Waals surface area contributed by atoms with Crippen LogP contribution in [0.2, 0.25) is 0 Å². The van der Waals surface area contributed by atoms with E-state index in [0.29, 0.717) is 24.4 Å². The number of methoxy groups -OCH3 is 1. The normalized spacial score (nSPS) is 14.9. The quantitative estimate of drug-likeness (QED) is 0.397. The van der Waals surface area contributed by atoms with Gasteiger partial charge in [0, 0.05) is 43.7 Å². The third-order valence-electron chi connectivity index (χ3n) is 5.49. The lowest BCUT2D eigenvalue weighted by molar-refractivity contribution is 0.0469. The van der Waals surface area contributed by atoms with Gasteiger partial charge in [0.05, 0.1) is 30.3 Å². The zero-order valence-corrected chi connectivity index (χ0v) is 19.6. The molecule has 1 saturated heterocycles. The SMILES string of the molecule is COCCn1c(C)cc(C(=O)COC(=O)c2cc(S(=O)(=O)N3CCOCC3)ccc2F)c1C. The number of Topliss-reactive ketones (excluding diaryl/α,β-unsaturated/α-hetero) is 1. The van der Waals surface area contributed by atoms with Crippen molar-refractivity contribution in [1.29, 1.82) is 0 Å². The minimum absolute atomic E-state index is 0.163. The number of hydrogen-bond acceptors (Lipinski definition) is 7. The van der Waals surface area contributed by atoms with Crippen molar-refractivity contribution in [3.8, 4) is 0 Å². The number of carbonyl (C=O) groups is 2. The highest BCUT2D eigenvalue weighted by atomic mass is 32.2. The fourth-order valence-electron chi connectivity index (χ4n) is 3.65. The Kier molecular flexibility index (Phi) is 8.01. The number of nitrogens with zero attached hydrogens (tertiary/aromatic N) is 2. The smallest absolute Gasteiger partial charge is 0.341 e. The second-order valence-electron chi connectivity index (χ2n) is 7.59. The average Bonchev–Trinajstić information content (AvgIpc) is 3.09. The van der Waals surface area contributed by atoms with Crippen molar-refractivity contribution in [1.82, 2.24) is 8.87 Å². The molecular weight excluding hydrogens is 455 g/mol. The largest absolute Gasteiger partial charge is 0.454 e. The Morgan fingerprint density at radius 1 is 1.12 bits per heavy atom. The van der Waals surface area contributed by atoms with Gasteiger partial charge in [-0.1, -0.05) is 0 Å². The van der Waals surface area contributed by atoms with Gasteiger partial charge in [0.1, 0.15) is 5.82 Å². The monoisotopic (exact) mass is 482 g/mol. The predicted octanol–water partition coefficient (Wildman–Crippen LogP) is 1.95. The Morgan fingerprint density at radius 3 is 2.48 bits per heavy atom. The van der Waals surface area contributed by atoms with Gasteiger partial charge in [0.2, 0.25) is 15.8 Å². The lowest BCUT2D eigenvalue weighted by Gasteiger charge is -2.26. The van der Waals surface area contributed by atoms with Gasteiger partial charge in [0.25, 0.3) is 0 Å². The minimum Gasteiger partial charge on any atom is -0.454 e. The number of aromatic nitrogens is 1. The van der Waals surface area contributed by atoms with Crippen molar-refractivity contribution in [3.05, 3.63) is 52.6 Å². The minimum atomic E-state index is -3.93. The molecule has 2 heterocycles. The van der Waals surface area contributed by atoms with Gasteiger partial charge < -0.3 is 18.8 Å². The highest BCUT2D eigenvalue weighted by molar-refractivity contribution is 7.89. The van der Waals surface area contributed by atoms with Gasteiger partial charge >= 0.3 is 5.97 Å². The lowest BCUT2D eigenvalue weighted by Crippen LogP contribution is -2.40. The zero-order chi connectivity index (χ0) is 24.2. The second kappa shape index (κ2) is 10.6. The number of morpholine rings is 1. The number of sulfonamides is 1. The summed E-state index contributed by atoms with van der Waals surface area (Å²) in [4.78, 5) is 24.9. The Morgan fingerprint density at radius 2 is 1.82 bits per heavy atom. The standard InChI is InChI=1S/C22H27FN2O7S/c1-15-12-18(16(2)25(15)8-9-30-3)21(26)14-32-22(27)19-13-17(4-5-20(19)23)33(28,29)24-6-10-31-11-7-24/h4-5,12-13H,6-11,14H2,1-3H3. The number of ketones is 1. The second-order valence-corrected chi connectivity index (χ2v) is 9.52. The van der Waals surface area contributed by atoms with E-state index in [0.717, 1.165) is 23.9 Å². The molecule has 1 aromatic heterocycles. The van der Waals surface area contributed by atoms with E-state index in [2.05, 4.69) is 0 Å². The third-order valence-corrected chi connectivity index (χ3v) is 7.39. The van der Waals surface area contributed by atoms with E-state index in [1.807, 2.05) is 11.5 Å². The van der Waals surface area contributed by atoms with Crippen LogP contribution in [0.4, 0.5) is 4.39 Å². The van der Waals surface area contributed by atoms with Crippen LogP contribution in [0.5, 0.6) is 0 Å². The van der Waals surface area contributed by atoms with Gasteiger partial charge in [0.15, 0.2) is 6.61 Å². The van der Waals surface area contributed by atoms with Gasteiger partial charge in [-0.3, -0.25) is 4.79 Å². The molecule has 2 aromatic rings. The van der Waals surface area contributed by atoms with E-state index in [9.17, 15) is 22.4 Å². The summed E-state index contributed by atoms with van der Waals surface area (Å²) >= 11 is 0. The van der Waals surface area contributed by atoms with Gasteiger partial charge in [-0.2, -0.15) is 4.31 Å². The third kappa shape index (κ3) is 5.49. The molecule has 1 aliphatic heterocycles. The average molecular weight is 483 g/mol. The number of rotatable bonds is 9. The van der Waals surface area contributed by atoms with E-state index < -0.39 is 39.8 Å². The van der Waals surface area contributed by atoms with E-state index >= 15 is 0 Å². The molecule has 0 radical (unpaired) electrons. The van der Waals surface area contributed by atoms with Crippen LogP contribution < -0.4 is 0 Å². The molecule has 33 heavy (non-hydrogen) atoms. The van der Waals surface area contributed by atoms with E-state index in [4.69, 9.17) is 14.2 Å². The van der Waals surface area contributed by atoms with Crippen LogP contribution in [0.3, 0.4) is 0 Å². The Labute approximate surface area is 192 Å². The van der Waals surface area contributed by atoms with Crippen LogP contribution in [0.15, 0.2) is 29.2 Å². The van der Waals surface area contributed by atoms with E-state index in [1.54, 1.807) is 20.1 Å². The summed E-state index contributed by atoms with van der Waals surface area (Å²) in [6, 6.07) is 4.62. The summed E-state index contributed by atoms with van der Waals surface area (Å²) in [5.74, 6) is -2.50. The van der Waals surface area contributed by atoms with Gasteiger partial charge in [-0.15, -0.1) is 0 Å². The molecule has 9 nitrogen and oxygen atoms in total. The molecule has 0 unspecified atom stereocenters. The molecule has 1 aliphatic rings. The summed E-state index contributed by atoms with van der Waals surface area (Å²) in [5.41, 5.74) is 1.39. The number of carbonyl (C=O) groups excluding carboxylic acids is 2. The first-order valence-electron chi connectivity index (χ1n) is 10.4. The molecule has 1 aromatic carbocycles. The van der Waals surface area contributed by atoms with Crippen LogP contribution in [0, 0.1) is 19.7 Å². The Hall–Kier alpha value is -2.60. The maximum atomic E-state index is 14.3. The van der Waals surface area contributed by atoms with Crippen molar-refractivity contribution < 1.29 is 36.6 Å². The van der Waals surface area contributed by atoms with Gasteiger partial charge in [-0.05, 0) is 38.1 Å². The first-order chi connectivity index (χ1) is 15.7. The molecule has 1 fully saturated rings. The molecule has 0 bridgehead atoms. The van der Waals surface area contributed by atoms with Crippen LogP contribution in [0.25, 0.3) is 0 Å². The molecule has 0 N–H and O–H groups in total. The highest BCUT2D eigenvalue weighted by Gasteiger charge is 2.28. The van der Waals surface area contributed by atoms with Crippen molar-refractivity contribution in [2.24, 2.45) is 0 Å². The molecular formula is C22H27FN2O7S. The molecule has 0 atom stereocenters. The fraction of sp³-hybridized carbons (Fsp3) is 0.455.